The summed E-state index contributed by atoms with van der Waals surface area (Å²) < 4.78 is 0. The van der Waals surface area contributed by atoms with Gasteiger partial charge in [-0.3, -0.25) is 9.98 Å². The Morgan fingerprint density at radius 2 is 2.29 bits per heavy atom. The largest absolute Gasteiger partial charge is 0.272 e. The van der Waals surface area contributed by atoms with Crippen molar-refractivity contribution in [1.29, 1.82) is 0 Å². The molecule has 1 heterocycles. The molecule has 0 unspecified atom stereocenters. The van der Waals surface area contributed by atoms with Crippen molar-refractivity contribution in [2.75, 3.05) is 0 Å². The Kier molecular flexibility index (Phi) is 3.80. The standard InChI is InChI=1S/C12H14N2/c1-4-5-11(8-13-3)12-7-6-10(2)14-9-12/h4-9H,3H2,1-2H3/b5-4-,11-8+. The summed E-state index contributed by atoms with van der Waals surface area (Å²) in [5.41, 5.74) is 3.09. The molecule has 1 aromatic rings. The zero-order valence-corrected chi connectivity index (χ0v) is 8.57. The number of aromatic nitrogens is 1. The second-order valence-corrected chi connectivity index (χ2v) is 2.96. The maximum atomic E-state index is 4.23. The lowest BCUT2D eigenvalue weighted by atomic mass is 10.1. The normalized spacial score (nSPS) is 12.0. The minimum Gasteiger partial charge on any atom is -0.272 e. The molecular weight excluding hydrogens is 172 g/mol. The van der Waals surface area contributed by atoms with E-state index in [1.807, 2.05) is 44.3 Å². The summed E-state index contributed by atoms with van der Waals surface area (Å²) in [6.07, 6.45) is 7.52. The van der Waals surface area contributed by atoms with Crippen molar-refractivity contribution in [1.82, 2.24) is 4.98 Å². The minimum atomic E-state index is 1.01. The van der Waals surface area contributed by atoms with Crippen LogP contribution in [0.2, 0.25) is 0 Å². The van der Waals surface area contributed by atoms with Crippen LogP contribution in [0.5, 0.6) is 0 Å². The highest BCUT2D eigenvalue weighted by Gasteiger charge is 1.96. The molecule has 0 saturated heterocycles. The third-order valence-corrected chi connectivity index (χ3v) is 1.82. The molecule has 0 amide bonds. The molecule has 0 aliphatic rings. The van der Waals surface area contributed by atoms with Crippen LogP contribution >= 0.6 is 0 Å². The highest BCUT2D eigenvalue weighted by atomic mass is 14.7. The zero-order chi connectivity index (χ0) is 10.4. The Morgan fingerprint density at radius 1 is 1.50 bits per heavy atom. The molecule has 14 heavy (non-hydrogen) atoms. The van der Waals surface area contributed by atoms with Crippen molar-refractivity contribution in [3.63, 3.8) is 0 Å². The van der Waals surface area contributed by atoms with Gasteiger partial charge in [0.25, 0.3) is 0 Å². The summed E-state index contributed by atoms with van der Waals surface area (Å²) in [4.78, 5) is 7.99. The lowest BCUT2D eigenvalue weighted by Crippen LogP contribution is -1.85. The molecule has 0 saturated carbocycles. The van der Waals surface area contributed by atoms with Gasteiger partial charge in [0.05, 0.1) is 0 Å². The van der Waals surface area contributed by atoms with Crippen molar-refractivity contribution in [3.05, 3.63) is 47.9 Å². The van der Waals surface area contributed by atoms with E-state index < -0.39 is 0 Å². The average molecular weight is 186 g/mol. The quantitative estimate of drug-likeness (QED) is 0.526. The molecule has 0 aliphatic carbocycles. The monoisotopic (exact) mass is 186 g/mol. The fourth-order valence-electron chi connectivity index (χ4n) is 1.13. The number of hydrogen-bond donors (Lipinski definition) is 0. The van der Waals surface area contributed by atoms with Gasteiger partial charge in [0.1, 0.15) is 0 Å². The number of aryl methyl sites for hydroxylation is 1. The highest BCUT2D eigenvalue weighted by Crippen LogP contribution is 2.15. The van der Waals surface area contributed by atoms with E-state index in [0.29, 0.717) is 0 Å². The molecule has 0 aromatic carbocycles. The molecule has 1 rings (SSSR count). The van der Waals surface area contributed by atoms with E-state index in [0.717, 1.165) is 16.8 Å². The van der Waals surface area contributed by atoms with Gasteiger partial charge in [-0.2, -0.15) is 0 Å². The number of pyridine rings is 1. The van der Waals surface area contributed by atoms with Gasteiger partial charge in [0.2, 0.25) is 0 Å². The van der Waals surface area contributed by atoms with Gasteiger partial charge in [0.15, 0.2) is 0 Å². The van der Waals surface area contributed by atoms with E-state index in [4.69, 9.17) is 0 Å². The van der Waals surface area contributed by atoms with Gasteiger partial charge < -0.3 is 0 Å². The summed E-state index contributed by atoms with van der Waals surface area (Å²) in [5, 5.41) is 0. The molecule has 0 spiro atoms. The first-order chi connectivity index (χ1) is 6.77. The summed E-state index contributed by atoms with van der Waals surface area (Å²) in [6, 6.07) is 4.01. The van der Waals surface area contributed by atoms with Crippen LogP contribution in [0.3, 0.4) is 0 Å². The van der Waals surface area contributed by atoms with Crippen LogP contribution in [0.4, 0.5) is 0 Å². The molecule has 0 radical (unpaired) electrons. The Labute approximate surface area is 84.7 Å². The van der Waals surface area contributed by atoms with Crippen LogP contribution in [0, 0.1) is 6.92 Å². The predicted molar refractivity (Wildman–Crippen MR) is 61.3 cm³/mol. The first-order valence-corrected chi connectivity index (χ1v) is 4.49. The third-order valence-electron chi connectivity index (χ3n) is 1.82. The van der Waals surface area contributed by atoms with Crippen LogP contribution in [-0.4, -0.2) is 11.7 Å². The van der Waals surface area contributed by atoms with E-state index in [2.05, 4.69) is 16.7 Å². The van der Waals surface area contributed by atoms with Crippen molar-refractivity contribution in [2.24, 2.45) is 4.99 Å². The van der Waals surface area contributed by atoms with E-state index in [1.165, 1.54) is 0 Å². The topological polar surface area (TPSA) is 25.2 Å². The Morgan fingerprint density at radius 3 is 2.79 bits per heavy atom. The van der Waals surface area contributed by atoms with E-state index in [1.54, 1.807) is 6.20 Å². The highest BCUT2D eigenvalue weighted by molar-refractivity contribution is 5.73. The third kappa shape index (κ3) is 2.66. The number of hydrogen-bond acceptors (Lipinski definition) is 2. The van der Waals surface area contributed by atoms with Gasteiger partial charge >= 0.3 is 0 Å². The summed E-state index contributed by atoms with van der Waals surface area (Å²) >= 11 is 0. The molecule has 0 N–H and O–H groups in total. The average Bonchev–Trinajstić information content (AvgIpc) is 2.19. The molecule has 2 nitrogen and oxygen atoms in total. The van der Waals surface area contributed by atoms with Gasteiger partial charge in [-0.15, -0.1) is 0 Å². The Balaban J connectivity index is 3.05. The smallest absolute Gasteiger partial charge is 0.0373 e. The van der Waals surface area contributed by atoms with Crippen molar-refractivity contribution in [3.8, 4) is 0 Å². The molecule has 0 bridgehead atoms. The molecule has 0 fully saturated rings. The van der Waals surface area contributed by atoms with Crippen LogP contribution in [0.15, 0.2) is 41.7 Å². The maximum absolute atomic E-state index is 4.23. The first-order valence-electron chi connectivity index (χ1n) is 4.49. The second kappa shape index (κ2) is 5.12. The van der Waals surface area contributed by atoms with Crippen molar-refractivity contribution in [2.45, 2.75) is 13.8 Å². The Hall–Kier alpha value is -1.70. The molecule has 0 atom stereocenters. The molecule has 72 valence electrons. The molecular formula is C12H14N2. The fraction of sp³-hybridized carbons (Fsp3) is 0.167. The predicted octanol–water partition coefficient (Wildman–Crippen LogP) is 3.01. The lowest BCUT2D eigenvalue weighted by molar-refractivity contribution is 1.19. The fourth-order valence-corrected chi connectivity index (χ4v) is 1.13. The molecule has 1 aromatic heterocycles. The second-order valence-electron chi connectivity index (χ2n) is 2.96. The minimum absolute atomic E-state index is 1.01. The van der Waals surface area contributed by atoms with Gasteiger partial charge in [-0.1, -0.05) is 18.2 Å². The van der Waals surface area contributed by atoms with Crippen molar-refractivity contribution < 1.29 is 0 Å². The summed E-state index contributed by atoms with van der Waals surface area (Å²) in [6.45, 7) is 7.38. The van der Waals surface area contributed by atoms with Gasteiger partial charge in [-0.05, 0) is 26.6 Å². The van der Waals surface area contributed by atoms with Gasteiger partial charge in [-0.25, -0.2) is 0 Å². The van der Waals surface area contributed by atoms with Crippen LogP contribution < -0.4 is 0 Å². The number of allylic oxidation sites excluding steroid dienone is 3. The number of nitrogens with zero attached hydrogens (tertiary/aromatic N) is 2. The van der Waals surface area contributed by atoms with E-state index in [-0.39, 0.29) is 0 Å². The SMILES string of the molecule is C=N/C=C(\C=C/C)c1ccc(C)nc1. The van der Waals surface area contributed by atoms with Crippen molar-refractivity contribution >= 4 is 12.3 Å². The van der Waals surface area contributed by atoms with Crippen LogP contribution in [0.1, 0.15) is 18.2 Å². The maximum Gasteiger partial charge on any atom is 0.0373 e. The summed E-state index contributed by atoms with van der Waals surface area (Å²) in [7, 11) is 0. The zero-order valence-electron chi connectivity index (χ0n) is 8.57. The molecule has 0 aliphatic heterocycles. The Bertz CT molecular complexity index is 358. The summed E-state index contributed by atoms with van der Waals surface area (Å²) in [5.74, 6) is 0. The van der Waals surface area contributed by atoms with Gasteiger partial charge in [0, 0.05) is 29.2 Å². The van der Waals surface area contributed by atoms with E-state index in [9.17, 15) is 0 Å². The van der Waals surface area contributed by atoms with Crippen LogP contribution in [-0.2, 0) is 0 Å². The first kappa shape index (κ1) is 10.4. The lowest BCUT2D eigenvalue weighted by Gasteiger charge is -2.00. The molecule has 2 heteroatoms. The number of rotatable bonds is 3. The van der Waals surface area contributed by atoms with E-state index >= 15 is 0 Å². The van der Waals surface area contributed by atoms with Crippen LogP contribution in [0.25, 0.3) is 5.57 Å². The number of aliphatic imine (C=N–C) groups is 1.